The summed E-state index contributed by atoms with van der Waals surface area (Å²) in [5.41, 5.74) is 0.648. The van der Waals surface area contributed by atoms with E-state index in [1.54, 1.807) is 23.1 Å². The van der Waals surface area contributed by atoms with Gasteiger partial charge in [-0.15, -0.1) is 0 Å². The number of carbonyl (C=O) groups excluding carboxylic acids is 1. The molecular weight excluding hydrogens is 621 g/mol. The molecule has 4 aromatic rings. The zero-order chi connectivity index (χ0) is 31.8. The quantitative estimate of drug-likeness (QED) is 0.169. The summed E-state index contributed by atoms with van der Waals surface area (Å²) in [6.07, 6.45) is 0.585. The molecule has 0 radical (unpaired) electrons. The normalized spacial score (nSPS) is 20.5. The first-order chi connectivity index (χ1) is 21.7. The first-order valence-corrected chi connectivity index (χ1v) is 15.3. The van der Waals surface area contributed by atoms with Gasteiger partial charge in [0.25, 0.3) is 0 Å². The number of alkyl halides is 1. The van der Waals surface area contributed by atoms with Gasteiger partial charge in [-0.25, -0.2) is 15.4 Å². The highest BCUT2D eigenvalue weighted by Crippen LogP contribution is 2.43. The Bertz CT molecular complexity index is 1850. The standard InChI is InChI=1S/C33H30Cl2F2N6O2/c1-4-27(44)43-12-11-42(17-22(43)15-38-2)32-24-14-26(35)29(23-9-5-7-19-8-6-10-25(34)28(19)23)30(37)31(24)39-33(40-32)45-18-21-13-20(36)16-41(21)3/h4-10,14,20-22H,1,11-13,15-18H2,3H3/t20-,21+,22+/m1/s1. The number of fused-ring (bicyclic) bond motifs is 2. The molecule has 2 aliphatic heterocycles. The lowest BCUT2D eigenvalue weighted by Gasteiger charge is -2.39. The van der Waals surface area contributed by atoms with Crippen molar-refractivity contribution in [2.75, 3.05) is 51.3 Å². The Hall–Kier alpha value is -4.04. The average Bonchev–Trinajstić information content (AvgIpc) is 3.36. The molecule has 3 heterocycles. The molecule has 0 saturated carbocycles. The van der Waals surface area contributed by atoms with Gasteiger partial charge in [0.1, 0.15) is 30.2 Å². The molecule has 12 heteroatoms. The number of halogens is 4. The van der Waals surface area contributed by atoms with Crippen molar-refractivity contribution in [2.45, 2.75) is 24.7 Å². The van der Waals surface area contributed by atoms with Crippen LogP contribution in [0.5, 0.6) is 6.01 Å². The number of hydrogen-bond donors (Lipinski definition) is 0. The minimum absolute atomic E-state index is 0.00655. The summed E-state index contributed by atoms with van der Waals surface area (Å²) >= 11 is 13.4. The molecule has 8 nitrogen and oxygen atoms in total. The van der Waals surface area contributed by atoms with E-state index in [0.29, 0.717) is 53.2 Å². The zero-order valence-electron chi connectivity index (χ0n) is 24.5. The first-order valence-electron chi connectivity index (χ1n) is 14.6. The van der Waals surface area contributed by atoms with Crippen molar-refractivity contribution in [2.24, 2.45) is 0 Å². The second-order valence-corrected chi connectivity index (χ2v) is 12.1. The maximum atomic E-state index is 16.8. The number of likely N-dealkylation sites (tertiary alicyclic amines) is 1. The number of ether oxygens (including phenoxy) is 1. The number of carbonyl (C=O) groups is 1. The number of amides is 1. The highest BCUT2D eigenvalue weighted by Gasteiger charge is 2.34. The van der Waals surface area contributed by atoms with E-state index in [2.05, 4.69) is 16.4 Å². The maximum absolute atomic E-state index is 16.8. The van der Waals surface area contributed by atoms with Crippen molar-refractivity contribution < 1.29 is 18.3 Å². The fourth-order valence-electron chi connectivity index (χ4n) is 6.31. The van der Waals surface area contributed by atoms with Gasteiger partial charge >= 0.3 is 6.01 Å². The summed E-state index contributed by atoms with van der Waals surface area (Å²) in [5.74, 6) is -0.570. The van der Waals surface area contributed by atoms with Crippen molar-refractivity contribution in [1.82, 2.24) is 19.8 Å². The van der Waals surface area contributed by atoms with E-state index < -0.39 is 18.0 Å². The highest BCUT2D eigenvalue weighted by atomic mass is 35.5. The van der Waals surface area contributed by atoms with Gasteiger partial charge in [-0.3, -0.25) is 9.69 Å². The van der Waals surface area contributed by atoms with Gasteiger partial charge in [0.05, 0.1) is 5.02 Å². The molecule has 0 aliphatic carbocycles. The van der Waals surface area contributed by atoms with E-state index in [0.717, 1.165) is 5.39 Å². The number of aromatic nitrogens is 2. The third kappa shape index (κ3) is 5.88. The Morgan fingerprint density at radius 2 is 1.93 bits per heavy atom. The van der Waals surface area contributed by atoms with Gasteiger partial charge in [0.2, 0.25) is 12.5 Å². The summed E-state index contributed by atoms with van der Waals surface area (Å²) in [7, 11) is 1.82. The van der Waals surface area contributed by atoms with Crippen LogP contribution < -0.4 is 9.64 Å². The van der Waals surface area contributed by atoms with Gasteiger partial charge in [-0.05, 0) is 42.6 Å². The van der Waals surface area contributed by atoms with Crippen LogP contribution in [-0.2, 0) is 4.79 Å². The predicted molar refractivity (Wildman–Crippen MR) is 173 cm³/mol. The largest absolute Gasteiger partial charge is 0.462 e. The Balaban J connectivity index is 1.49. The molecule has 232 valence electrons. The van der Waals surface area contributed by atoms with Crippen LogP contribution in [0.25, 0.3) is 37.6 Å². The molecule has 2 aliphatic rings. The van der Waals surface area contributed by atoms with Crippen LogP contribution in [0.4, 0.5) is 14.6 Å². The number of rotatable bonds is 7. The van der Waals surface area contributed by atoms with Gasteiger partial charge in [0, 0.05) is 53.6 Å². The van der Waals surface area contributed by atoms with Crippen LogP contribution in [0, 0.1) is 12.4 Å². The number of benzene rings is 3. The lowest BCUT2D eigenvalue weighted by molar-refractivity contribution is -0.128. The average molecular weight is 652 g/mol. The Kier molecular flexibility index (Phi) is 8.78. The molecule has 3 atom stereocenters. The fraction of sp³-hybridized carbons (Fsp3) is 0.333. The minimum Gasteiger partial charge on any atom is -0.462 e. The Labute approximate surface area is 269 Å². The van der Waals surface area contributed by atoms with Gasteiger partial charge in [0.15, 0.2) is 5.82 Å². The third-order valence-corrected chi connectivity index (χ3v) is 9.16. The van der Waals surface area contributed by atoms with Crippen molar-refractivity contribution in [3.63, 3.8) is 0 Å². The Morgan fingerprint density at radius 1 is 1.16 bits per heavy atom. The minimum atomic E-state index is -0.958. The molecule has 45 heavy (non-hydrogen) atoms. The number of hydrogen-bond acceptors (Lipinski definition) is 6. The van der Waals surface area contributed by atoms with E-state index >= 15 is 4.39 Å². The monoisotopic (exact) mass is 650 g/mol. The van der Waals surface area contributed by atoms with E-state index in [1.165, 1.54) is 6.08 Å². The first kappa shape index (κ1) is 31.0. The Morgan fingerprint density at radius 3 is 2.64 bits per heavy atom. The van der Waals surface area contributed by atoms with Crippen molar-refractivity contribution >= 4 is 56.6 Å². The van der Waals surface area contributed by atoms with Crippen LogP contribution in [0.15, 0.2) is 55.1 Å². The second kappa shape index (κ2) is 12.8. The molecule has 0 spiro atoms. The van der Waals surface area contributed by atoms with Crippen LogP contribution in [-0.4, -0.2) is 90.3 Å². The van der Waals surface area contributed by atoms with Crippen molar-refractivity contribution in [1.29, 1.82) is 0 Å². The predicted octanol–water partition coefficient (Wildman–Crippen LogP) is 6.44. The highest BCUT2D eigenvalue weighted by molar-refractivity contribution is 6.38. The number of anilines is 1. The van der Waals surface area contributed by atoms with Crippen LogP contribution in [0.1, 0.15) is 6.42 Å². The summed E-state index contributed by atoms with van der Waals surface area (Å²) in [4.78, 5) is 30.7. The zero-order valence-corrected chi connectivity index (χ0v) is 26.0. The molecule has 1 aromatic heterocycles. The SMILES string of the molecule is [C-]#[N+]C[C@H]1CN(c2nc(OC[C@@H]3C[C@@H](F)CN3C)nc3c(F)c(-c4cccc5cccc(Cl)c45)c(Cl)cc23)CCN1C(=O)C=C. The molecule has 0 bridgehead atoms. The lowest BCUT2D eigenvalue weighted by Crippen LogP contribution is -2.56. The maximum Gasteiger partial charge on any atom is 0.319 e. The number of piperazine rings is 1. The van der Waals surface area contributed by atoms with Gasteiger partial charge in [-0.2, -0.15) is 9.97 Å². The molecule has 0 unspecified atom stereocenters. The molecular formula is C33H30Cl2F2N6O2. The molecule has 3 aromatic carbocycles. The third-order valence-electron chi connectivity index (χ3n) is 8.55. The molecule has 1 amide bonds. The summed E-state index contributed by atoms with van der Waals surface area (Å²) in [6, 6.07) is 11.9. The lowest BCUT2D eigenvalue weighted by atomic mass is 9.96. The molecule has 6 rings (SSSR count). The number of likely N-dealkylation sites (N-methyl/N-ethyl adjacent to an activating group) is 1. The fourth-order valence-corrected chi connectivity index (χ4v) is 6.89. The summed E-state index contributed by atoms with van der Waals surface area (Å²) in [6.45, 7) is 12.5. The molecule has 2 fully saturated rings. The van der Waals surface area contributed by atoms with Gasteiger partial charge < -0.3 is 19.4 Å². The van der Waals surface area contributed by atoms with Crippen molar-refractivity contribution in [3.05, 3.63) is 82.4 Å². The summed E-state index contributed by atoms with van der Waals surface area (Å²) in [5, 5.41) is 2.43. The van der Waals surface area contributed by atoms with E-state index in [-0.39, 0.29) is 53.8 Å². The van der Waals surface area contributed by atoms with E-state index in [1.807, 2.05) is 41.1 Å². The molecule has 0 N–H and O–H groups in total. The molecule has 2 saturated heterocycles. The smallest absolute Gasteiger partial charge is 0.319 e. The van der Waals surface area contributed by atoms with Crippen LogP contribution >= 0.6 is 23.2 Å². The number of nitrogens with zero attached hydrogens (tertiary/aromatic N) is 6. The van der Waals surface area contributed by atoms with Crippen LogP contribution in [0.2, 0.25) is 10.0 Å². The topological polar surface area (TPSA) is 66.2 Å². The van der Waals surface area contributed by atoms with E-state index in [4.69, 9.17) is 39.5 Å². The van der Waals surface area contributed by atoms with Gasteiger partial charge in [-0.1, -0.05) is 60.1 Å². The van der Waals surface area contributed by atoms with E-state index in [9.17, 15) is 9.18 Å². The second-order valence-electron chi connectivity index (χ2n) is 11.3. The van der Waals surface area contributed by atoms with Crippen molar-refractivity contribution in [3.8, 4) is 17.1 Å². The summed E-state index contributed by atoms with van der Waals surface area (Å²) < 4.78 is 36.9. The van der Waals surface area contributed by atoms with Crippen LogP contribution in [0.3, 0.4) is 0 Å².